The molecule has 3 rings (SSSR count). The van der Waals surface area contributed by atoms with Gasteiger partial charge in [0.15, 0.2) is 15.8 Å². The molecular weight excluding hydrogens is 521 g/mol. The van der Waals surface area contributed by atoms with Crippen LogP contribution in [0, 0.1) is 6.92 Å². The molecule has 0 atom stereocenters. The molecule has 0 radical (unpaired) electrons. The van der Waals surface area contributed by atoms with Crippen molar-refractivity contribution in [3.8, 4) is 0 Å². The average molecular weight is 549 g/mol. The number of para-hydroxylation sites is 1. The zero-order valence-electron chi connectivity index (χ0n) is 17.7. The van der Waals surface area contributed by atoms with E-state index in [2.05, 4.69) is 41.8 Å². The van der Waals surface area contributed by atoms with Crippen LogP contribution in [0.1, 0.15) is 22.3 Å². The minimum atomic E-state index is -3.11. The summed E-state index contributed by atoms with van der Waals surface area (Å²) in [5.41, 5.74) is 4.99. The fourth-order valence-corrected chi connectivity index (χ4v) is 3.84. The number of hydrogen-bond donors (Lipinski definition) is 2. The van der Waals surface area contributed by atoms with Gasteiger partial charge in [0.25, 0.3) is 0 Å². The first-order valence-electron chi connectivity index (χ1n) is 9.79. The molecule has 7 heteroatoms. The van der Waals surface area contributed by atoms with Crippen molar-refractivity contribution in [2.75, 3.05) is 11.6 Å². The van der Waals surface area contributed by atoms with Crippen molar-refractivity contribution in [1.82, 2.24) is 5.32 Å². The Hall–Kier alpha value is -2.39. The molecule has 3 aromatic rings. The van der Waals surface area contributed by atoms with Crippen molar-refractivity contribution in [2.24, 2.45) is 4.99 Å². The van der Waals surface area contributed by atoms with Crippen LogP contribution < -0.4 is 10.6 Å². The SMILES string of the molecule is Cc1ccc(CN=C(NCc2ccccc2CS(C)(=O)=O)Nc2ccccc2)cc1.I. The second-order valence-corrected chi connectivity index (χ2v) is 9.47. The number of nitrogens with one attached hydrogen (secondary N) is 2. The summed E-state index contributed by atoms with van der Waals surface area (Å²) in [6.07, 6.45) is 1.25. The number of sulfone groups is 1. The van der Waals surface area contributed by atoms with Crippen LogP contribution in [-0.2, 0) is 28.7 Å². The number of halogens is 1. The number of anilines is 1. The molecule has 164 valence electrons. The summed E-state index contributed by atoms with van der Waals surface area (Å²) < 4.78 is 23.5. The molecule has 0 unspecified atom stereocenters. The Morgan fingerprint density at radius 1 is 0.871 bits per heavy atom. The molecule has 5 nitrogen and oxygen atoms in total. The maximum absolute atomic E-state index is 11.8. The highest BCUT2D eigenvalue weighted by molar-refractivity contribution is 14.0. The fourth-order valence-electron chi connectivity index (χ4n) is 2.99. The van der Waals surface area contributed by atoms with Crippen molar-refractivity contribution in [1.29, 1.82) is 0 Å². The van der Waals surface area contributed by atoms with Gasteiger partial charge in [-0.2, -0.15) is 0 Å². The molecule has 2 N–H and O–H groups in total. The predicted octanol–water partition coefficient (Wildman–Crippen LogP) is 4.92. The first-order chi connectivity index (χ1) is 14.4. The lowest BCUT2D eigenvalue weighted by atomic mass is 10.1. The number of hydrogen-bond acceptors (Lipinski definition) is 3. The van der Waals surface area contributed by atoms with Crippen LogP contribution in [0.2, 0.25) is 0 Å². The number of guanidine groups is 1. The number of aliphatic imine (C=N–C) groups is 1. The lowest BCUT2D eigenvalue weighted by Crippen LogP contribution is -2.31. The summed E-state index contributed by atoms with van der Waals surface area (Å²) in [6, 6.07) is 25.7. The maximum Gasteiger partial charge on any atom is 0.196 e. The Kier molecular flexibility index (Phi) is 9.51. The molecule has 0 saturated heterocycles. The summed E-state index contributed by atoms with van der Waals surface area (Å²) >= 11 is 0. The smallest absolute Gasteiger partial charge is 0.196 e. The number of aryl methyl sites for hydroxylation is 1. The van der Waals surface area contributed by atoms with Crippen LogP contribution in [0.3, 0.4) is 0 Å². The van der Waals surface area contributed by atoms with Gasteiger partial charge in [0, 0.05) is 18.5 Å². The molecule has 0 heterocycles. The molecule has 0 amide bonds. The largest absolute Gasteiger partial charge is 0.352 e. The van der Waals surface area contributed by atoms with Crippen LogP contribution in [0.15, 0.2) is 83.9 Å². The van der Waals surface area contributed by atoms with E-state index >= 15 is 0 Å². The highest BCUT2D eigenvalue weighted by Gasteiger charge is 2.10. The Morgan fingerprint density at radius 3 is 2.13 bits per heavy atom. The summed E-state index contributed by atoms with van der Waals surface area (Å²) in [7, 11) is -3.11. The molecule has 31 heavy (non-hydrogen) atoms. The fraction of sp³-hybridized carbons (Fsp3) is 0.208. The Balaban J connectivity index is 0.00000341. The van der Waals surface area contributed by atoms with E-state index in [0.29, 0.717) is 19.0 Å². The highest BCUT2D eigenvalue weighted by atomic mass is 127. The Morgan fingerprint density at radius 2 is 1.48 bits per heavy atom. The first-order valence-corrected chi connectivity index (χ1v) is 11.9. The average Bonchev–Trinajstić information content (AvgIpc) is 2.72. The minimum absolute atomic E-state index is 0. The van der Waals surface area contributed by atoms with E-state index in [-0.39, 0.29) is 29.7 Å². The van der Waals surface area contributed by atoms with Crippen LogP contribution >= 0.6 is 24.0 Å². The Bertz CT molecular complexity index is 1100. The second-order valence-electron chi connectivity index (χ2n) is 7.33. The van der Waals surface area contributed by atoms with E-state index in [4.69, 9.17) is 4.99 Å². The van der Waals surface area contributed by atoms with E-state index in [9.17, 15) is 8.42 Å². The van der Waals surface area contributed by atoms with Crippen molar-refractivity contribution < 1.29 is 8.42 Å². The van der Waals surface area contributed by atoms with Crippen LogP contribution in [0.5, 0.6) is 0 Å². The standard InChI is InChI=1S/C24H27N3O2S.HI/c1-19-12-14-20(15-13-19)16-25-24(27-23-10-4-3-5-11-23)26-17-21-8-6-7-9-22(21)18-30(2,28)29;/h3-15H,16-18H2,1-2H3,(H2,25,26,27);1H. The van der Waals surface area contributed by atoms with Gasteiger partial charge < -0.3 is 10.6 Å². The lowest BCUT2D eigenvalue weighted by molar-refractivity contribution is 0.601. The highest BCUT2D eigenvalue weighted by Crippen LogP contribution is 2.13. The van der Waals surface area contributed by atoms with E-state index < -0.39 is 9.84 Å². The van der Waals surface area contributed by atoms with Gasteiger partial charge in [-0.05, 0) is 35.7 Å². The molecular formula is C24H28IN3O2S. The summed E-state index contributed by atoms with van der Waals surface area (Å²) in [4.78, 5) is 4.71. The maximum atomic E-state index is 11.8. The number of rotatable bonds is 7. The molecule has 0 fully saturated rings. The van der Waals surface area contributed by atoms with Gasteiger partial charge in [0.2, 0.25) is 0 Å². The normalized spacial score (nSPS) is 11.5. The van der Waals surface area contributed by atoms with E-state index in [1.807, 2.05) is 54.6 Å². The third-order valence-electron chi connectivity index (χ3n) is 4.56. The van der Waals surface area contributed by atoms with Crippen LogP contribution in [0.25, 0.3) is 0 Å². The predicted molar refractivity (Wildman–Crippen MR) is 140 cm³/mol. The summed E-state index contributed by atoms with van der Waals surface area (Å²) in [5.74, 6) is 0.656. The molecule has 3 aromatic carbocycles. The number of nitrogens with zero attached hydrogens (tertiary/aromatic N) is 1. The van der Waals surface area contributed by atoms with E-state index in [1.54, 1.807) is 0 Å². The molecule has 0 aromatic heterocycles. The van der Waals surface area contributed by atoms with Gasteiger partial charge >= 0.3 is 0 Å². The van der Waals surface area contributed by atoms with Crippen molar-refractivity contribution in [3.63, 3.8) is 0 Å². The molecule has 0 aliphatic carbocycles. The van der Waals surface area contributed by atoms with Crippen molar-refractivity contribution in [2.45, 2.75) is 25.8 Å². The van der Waals surface area contributed by atoms with Crippen molar-refractivity contribution in [3.05, 3.63) is 101 Å². The molecule has 0 saturated carbocycles. The minimum Gasteiger partial charge on any atom is -0.352 e. The topological polar surface area (TPSA) is 70.6 Å². The van der Waals surface area contributed by atoms with Gasteiger partial charge in [0.1, 0.15) is 0 Å². The number of benzene rings is 3. The first kappa shape index (κ1) is 24.9. The van der Waals surface area contributed by atoms with Gasteiger partial charge in [-0.15, -0.1) is 24.0 Å². The quantitative estimate of drug-likeness (QED) is 0.250. The molecule has 0 bridgehead atoms. The van der Waals surface area contributed by atoms with Gasteiger partial charge in [-0.1, -0.05) is 72.3 Å². The zero-order valence-corrected chi connectivity index (χ0v) is 20.9. The summed E-state index contributed by atoms with van der Waals surface area (Å²) in [5, 5.41) is 6.66. The van der Waals surface area contributed by atoms with Gasteiger partial charge in [-0.25, -0.2) is 13.4 Å². The third-order valence-corrected chi connectivity index (χ3v) is 5.39. The van der Waals surface area contributed by atoms with Crippen molar-refractivity contribution >= 4 is 45.5 Å². The third kappa shape index (κ3) is 8.70. The van der Waals surface area contributed by atoms with Crippen LogP contribution in [0.4, 0.5) is 5.69 Å². The second kappa shape index (κ2) is 11.9. The Labute approximate surface area is 201 Å². The van der Waals surface area contributed by atoms with Crippen LogP contribution in [-0.4, -0.2) is 20.6 Å². The van der Waals surface area contributed by atoms with E-state index in [1.165, 1.54) is 11.8 Å². The molecule has 0 spiro atoms. The lowest BCUT2D eigenvalue weighted by Gasteiger charge is -2.15. The molecule has 0 aliphatic heterocycles. The molecule has 0 aliphatic rings. The monoisotopic (exact) mass is 549 g/mol. The zero-order chi connectivity index (χ0) is 21.4. The van der Waals surface area contributed by atoms with Gasteiger partial charge in [0.05, 0.1) is 12.3 Å². The van der Waals surface area contributed by atoms with E-state index in [0.717, 1.165) is 22.4 Å². The van der Waals surface area contributed by atoms with Gasteiger partial charge in [-0.3, -0.25) is 0 Å². The summed E-state index contributed by atoms with van der Waals surface area (Å²) in [6.45, 7) is 3.07.